The van der Waals surface area contributed by atoms with Gasteiger partial charge in [-0.25, -0.2) is 18.1 Å². The van der Waals surface area contributed by atoms with Gasteiger partial charge in [0.25, 0.3) is 10.0 Å². The highest BCUT2D eigenvalue weighted by Gasteiger charge is 2.31. The molecule has 3 aromatic rings. The topological polar surface area (TPSA) is 105 Å². The van der Waals surface area contributed by atoms with E-state index in [2.05, 4.69) is 24.9 Å². The zero-order chi connectivity index (χ0) is 16.7. The maximum atomic E-state index is 12.6. The SMILES string of the molecule is O=S(=O)(NCc1nnc2cc(C(F)(F)F)ccn12)c1cnc[nH]1. The van der Waals surface area contributed by atoms with Crippen LogP contribution in [0.2, 0.25) is 0 Å². The molecule has 3 rings (SSSR count). The second kappa shape index (κ2) is 5.31. The van der Waals surface area contributed by atoms with Crippen molar-refractivity contribution in [3.05, 3.63) is 42.2 Å². The minimum Gasteiger partial charge on any atom is -0.335 e. The Morgan fingerprint density at radius 3 is 2.74 bits per heavy atom. The molecule has 0 radical (unpaired) electrons. The van der Waals surface area contributed by atoms with Crippen LogP contribution in [-0.4, -0.2) is 33.0 Å². The van der Waals surface area contributed by atoms with E-state index in [1.54, 1.807) is 0 Å². The molecule has 2 N–H and O–H groups in total. The summed E-state index contributed by atoms with van der Waals surface area (Å²) >= 11 is 0. The molecule has 8 nitrogen and oxygen atoms in total. The number of rotatable bonds is 4. The Balaban J connectivity index is 1.85. The van der Waals surface area contributed by atoms with E-state index in [9.17, 15) is 21.6 Å². The van der Waals surface area contributed by atoms with Crippen LogP contribution in [0.25, 0.3) is 5.65 Å². The third kappa shape index (κ3) is 3.03. The molecule has 0 amide bonds. The monoisotopic (exact) mass is 346 g/mol. The van der Waals surface area contributed by atoms with Gasteiger partial charge in [-0.05, 0) is 12.1 Å². The second-order valence-corrected chi connectivity index (χ2v) is 6.23. The number of imidazole rings is 1. The van der Waals surface area contributed by atoms with Gasteiger partial charge in [-0.3, -0.25) is 4.40 Å². The molecule has 0 saturated carbocycles. The first-order valence-electron chi connectivity index (χ1n) is 6.16. The van der Waals surface area contributed by atoms with E-state index in [-0.39, 0.29) is 23.0 Å². The molecular formula is C11H9F3N6O2S. The first-order valence-corrected chi connectivity index (χ1v) is 7.64. The Morgan fingerprint density at radius 2 is 2.09 bits per heavy atom. The zero-order valence-corrected chi connectivity index (χ0v) is 12.1. The summed E-state index contributed by atoms with van der Waals surface area (Å²) < 4.78 is 65.2. The number of halogens is 3. The maximum absolute atomic E-state index is 12.6. The van der Waals surface area contributed by atoms with Gasteiger partial charge in [0.15, 0.2) is 16.5 Å². The van der Waals surface area contributed by atoms with Crippen LogP contribution in [0, 0.1) is 0 Å². The van der Waals surface area contributed by atoms with Crippen molar-refractivity contribution in [1.29, 1.82) is 0 Å². The fourth-order valence-electron chi connectivity index (χ4n) is 1.86. The zero-order valence-electron chi connectivity index (χ0n) is 11.2. The molecule has 0 fully saturated rings. The lowest BCUT2D eigenvalue weighted by atomic mass is 10.2. The molecule has 12 heteroatoms. The average Bonchev–Trinajstić information content (AvgIpc) is 3.14. The van der Waals surface area contributed by atoms with E-state index in [1.165, 1.54) is 10.7 Å². The van der Waals surface area contributed by atoms with Crippen LogP contribution >= 0.6 is 0 Å². The Labute approximate surface area is 127 Å². The number of pyridine rings is 1. The number of alkyl halides is 3. The number of aromatic amines is 1. The summed E-state index contributed by atoms with van der Waals surface area (Å²) in [7, 11) is -3.82. The normalized spacial score (nSPS) is 12.8. The Kier molecular flexibility index (Phi) is 3.56. The Morgan fingerprint density at radius 1 is 1.30 bits per heavy atom. The van der Waals surface area contributed by atoms with Crippen LogP contribution in [0.1, 0.15) is 11.4 Å². The van der Waals surface area contributed by atoms with Crippen LogP contribution in [0.4, 0.5) is 13.2 Å². The highest BCUT2D eigenvalue weighted by atomic mass is 32.2. The van der Waals surface area contributed by atoms with E-state index < -0.39 is 21.8 Å². The van der Waals surface area contributed by atoms with Gasteiger partial charge in [-0.15, -0.1) is 10.2 Å². The highest BCUT2D eigenvalue weighted by Crippen LogP contribution is 2.29. The summed E-state index contributed by atoms with van der Waals surface area (Å²) in [6.07, 6.45) is -1.02. The molecule has 0 aliphatic carbocycles. The molecule has 0 atom stereocenters. The van der Waals surface area contributed by atoms with Gasteiger partial charge in [-0.2, -0.15) is 13.2 Å². The van der Waals surface area contributed by atoms with Crippen molar-refractivity contribution in [2.24, 2.45) is 0 Å². The molecule has 0 unspecified atom stereocenters. The largest absolute Gasteiger partial charge is 0.416 e. The predicted molar refractivity (Wildman–Crippen MR) is 70.6 cm³/mol. The molecule has 0 aliphatic rings. The summed E-state index contributed by atoms with van der Waals surface area (Å²) in [5.74, 6) is 0.150. The summed E-state index contributed by atoms with van der Waals surface area (Å²) in [5.41, 5.74) is -0.891. The fraction of sp³-hybridized carbons (Fsp3) is 0.182. The number of H-pyrrole nitrogens is 1. The molecule has 0 aromatic carbocycles. The van der Waals surface area contributed by atoms with E-state index in [4.69, 9.17) is 0 Å². The summed E-state index contributed by atoms with van der Waals surface area (Å²) in [5, 5.41) is 7.18. The number of hydrogen-bond donors (Lipinski definition) is 2. The van der Waals surface area contributed by atoms with E-state index >= 15 is 0 Å². The number of aromatic nitrogens is 5. The third-order valence-corrected chi connectivity index (χ3v) is 4.32. The van der Waals surface area contributed by atoms with Crippen LogP contribution in [-0.2, 0) is 22.7 Å². The standard InChI is InChI=1S/C11H9F3N6O2S/c12-11(13,14)7-1-2-20-8(3-7)18-19-9(20)4-17-23(21,22)10-5-15-6-16-10/h1-3,5-6,17H,4H2,(H,15,16). The van der Waals surface area contributed by atoms with E-state index in [1.807, 2.05) is 0 Å². The smallest absolute Gasteiger partial charge is 0.335 e. The minimum absolute atomic E-state index is 0.0319. The van der Waals surface area contributed by atoms with Crippen molar-refractivity contribution in [3.8, 4) is 0 Å². The van der Waals surface area contributed by atoms with Gasteiger partial charge in [0.2, 0.25) is 0 Å². The maximum Gasteiger partial charge on any atom is 0.416 e. The van der Waals surface area contributed by atoms with Gasteiger partial charge < -0.3 is 4.98 Å². The van der Waals surface area contributed by atoms with Crippen molar-refractivity contribution < 1.29 is 21.6 Å². The van der Waals surface area contributed by atoms with Crippen molar-refractivity contribution in [2.75, 3.05) is 0 Å². The molecule has 0 saturated heterocycles. The predicted octanol–water partition coefficient (Wildman–Crippen LogP) is 0.950. The van der Waals surface area contributed by atoms with Crippen LogP contribution in [0.3, 0.4) is 0 Å². The molecule has 0 aliphatic heterocycles. The molecule has 0 spiro atoms. The average molecular weight is 346 g/mol. The Hall–Kier alpha value is -2.47. The summed E-state index contributed by atoms with van der Waals surface area (Å²) in [4.78, 5) is 6.04. The fourth-order valence-corrected chi connectivity index (χ4v) is 2.75. The van der Waals surface area contributed by atoms with Crippen LogP contribution in [0.15, 0.2) is 35.9 Å². The lowest BCUT2D eigenvalue weighted by molar-refractivity contribution is -0.137. The van der Waals surface area contributed by atoms with Crippen molar-refractivity contribution in [2.45, 2.75) is 17.7 Å². The molecular weight excluding hydrogens is 337 g/mol. The number of nitrogens with one attached hydrogen (secondary N) is 2. The molecule has 23 heavy (non-hydrogen) atoms. The van der Waals surface area contributed by atoms with E-state index in [0.29, 0.717) is 0 Å². The second-order valence-electron chi connectivity index (χ2n) is 4.50. The van der Waals surface area contributed by atoms with E-state index in [0.717, 1.165) is 24.5 Å². The summed E-state index contributed by atoms with van der Waals surface area (Å²) in [6.45, 7) is -0.242. The highest BCUT2D eigenvalue weighted by molar-refractivity contribution is 7.89. The number of fused-ring (bicyclic) bond motifs is 1. The van der Waals surface area contributed by atoms with Crippen molar-refractivity contribution in [1.82, 2.24) is 29.3 Å². The Bertz CT molecular complexity index is 932. The first kappa shape index (κ1) is 15.4. The van der Waals surface area contributed by atoms with Crippen molar-refractivity contribution >= 4 is 15.7 Å². The van der Waals surface area contributed by atoms with Gasteiger partial charge in [0.05, 0.1) is 24.6 Å². The quantitative estimate of drug-likeness (QED) is 0.732. The van der Waals surface area contributed by atoms with Gasteiger partial charge >= 0.3 is 6.18 Å². The molecule has 3 aromatic heterocycles. The van der Waals surface area contributed by atoms with Crippen LogP contribution in [0.5, 0.6) is 0 Å². The van der Waals surface area contributed by atoms with Crippen LogP contribution < -0.4 is 4.72 Å². The lowest BCUT2D eigenvalue weighted by Gasteiger charge is -2.07. The minimum atomic E-state index is -4.49. The summed E-state index contributed by atoms with van der Waals surface area (Å²) in [6, 6.07) is 1.70. The molecule has 3 heterocycles. The number of sulfonamides is 1. The number of nitrogens with zero attached hydrogens (tertiary/aromatic N) is 4. The van der Waals surface area contributed by atoms with Gasteiger partial charge in [0.1, 0.15) is 0 Å². The molecule has 122 valence electrons. The third-order valence-electron chi connectivity index (χ3n) is 2.99. The lowest BCUT2D eigenvalue weighted by Crippen LogP contribution is -2.24. The number of hydrogen-bond acceptors (Lipinski definition) is 5. The van der Waals surface area contributed by atoms with Gasteiger partial charge in [0, 0.05) is 6.20 Å². The van der Waals surface area contributed by atoms with Crippen molar-refractivity contribution in [3.63, 3.8) is 0 Å². The molecule has 0 bridgehead atoms. The first-order chi connectivity index (χ1) is 10.8. The van der Waals surface area contributed by atoms with Gasteiger partial charge in [-0.1, -0.05) is 0 Å².